The summed E-state index contributed by atoms with van der Waals surface area (Å²) in [7, 11) is -3.22. The van der Waals surface area contributed by atoms with Gasteiger partial charge in [0.2, 0.25) is 0 Å². The van der Waals surface area contributed by atoms with Crippen LogP contribution in [0.4, 0.5) is 19.0 Å². The van der Waals surface area contributed by atoms with Gasteiger partial charge in [-0.3, -0.25) is 13.9 Å². The zero-order valence-electron chi connectivity index (χ0n) is 25.1. The number of anilines is 1. The van der Waals surface area contributed by atoms with Gasteiger partial charge in [-0.05, 0) is 49.2 Å². The van der Waals surface area contributed by atoms with Crippen LogP contribution in [0.25, 0.3) is 0 Å². The Kier molecular flexibility index (Phi) is 12.7. The number of nitrogens with one attached hydrogen (secondary N) is 1. The molecule has 6 atom stereocenters. The van der Waals surface area contributed by atoms with Crippen LogP contribution in [-0.4, -0.2) is 80.6 Å². The van der Waals surface area contributed by atoms with E-state index in [-0.39, 0.29) is 18.0 Å². The first-order chi connectivity index (χ1) is 22.4. The summed E-state index contributed by atoms with van der Waals surface area (Å²) in [5.74, 6) is -3.42. The van der Waals surface area contributed by atoms with Crippen LogP contribution >= 0.6 is 19.3 Å². The number of benzene rings is 2. The van der Waals surface area contributed by atoms with Crippen molar-refractivity contribution < 1.29 is 61.2 Å². The molecule has 0 aliphatic carbocycles. The maximum absolute atomic E-state index is 14.1. The molecule has 1 aliphatic heterocycles. The molecule has 1 aliphatic rings. The molecule has 0 bridgehead atoms. The molecule has 20 heteroatoms. The number of carbonyl (C=O) groups is 2. The number of nitrogens with two attached hydrogens (primary N) is 1. The standard InChI is InChI=1S/C26H30ClN4O9P.C2HF3O2/c1-26(35)22(32)20(39-24(26)31-13-12-21(28)29-25(31)34)15-38-41(36,40-18-10-8-17(27)9-11-18)30-19(23(33)37-2)14-16-6-4-3-5-7-16;3-2(4,5)1(6)7/h3-13,19-20,22,24,32,35H,14-15H2,1-2H3,(H,30,36)(H2,28,29,34);(H,6,7)/t19-,20+,22+,24+,26+,41?;/m0./s1. The number of rotatable bonds is 11. The van der Waals surface area contributed by atoms with Crippen LogP contribution in [0, 0.1) is 0 Å². The number of aliphatic hydroxyl groups is 2. The van der Waals surface area contributed by atoms with E-state index < -0.39 is 68.2 Å². The molecule has 1 aromatic heterocycles. The summed E-state index contributed by atoms with van der Waals surface area (Å²) in [6.07, 6.45) is -8.00. The largest absolute Gasteiger partial charge is 0.490 e. The number of carboxylic acids is 1. The lowest BCUT2D eigenvalue weighted by Crippen LogP contribution is -2.46. The number of carboxylic acid groups (broad SMARTS) is 1. The second kappa shape index (κ2) is 15.9. The predicted octanol–water partition coefficient (Wildman–Crippen LogP) is 2.70. The van der Waals surface area contributed by atoms with Gasteiger partial charge in [0.15, 0.2) is 6.23 Å². The summed E-state index contributed by atoms with van der Waals surface area (Å²) in [4.78, 5) is 37.6. The minimum atomic E-state index is -5.08. The number of aliphatic carboxylic acids is 1. The number of aliphatic hydroxyl groups excluding tert-OH is 1. The van der Waals surface area contributed by atoms with Crippen molar-refractivity contribution in [3.8, 4) is 5.75 Å². The van der Waals surface area contributed by atoms with Gasteiger partial charge in [-0.2, -0.15) is 23.2 Å². The number of halogens is 4. The van der Waals surface area contributed by atoms with Crippen LogP contribution < -0.4 is 21.0 Å². The molecule has 2 aromatic carbocycles. The lowest BCUT2D eigenvalue weighted by Gasteiger charge is -2.27. The van der Waals surface area contributed by atoms with Gasteiger partial charge in [-0.15, -0.1) is 0 Å². The van der Waals surface area contributed by atoms with E-state index >= 15 is 0 Å². The van der Waals surface area contributed by atoms with E-state index in [0.717, 1.165) is 10.1 Å². The summed E-state index contributed by atoms with van der Waals surface area (Å²) in [6, 6.07) is 15.0. The van der Waals surface area contributed by atoms with Gasteiger partial charge < -0.3 is 35.1 Å². The van der Waals surface area contributed by atoms with Crippen molar-refractivity contribution in [2.45, 2.75) is 49.6 Å². The zero-order valence-corrected chi connectivity index (χ0v) is 26.8. The highest BCUT2D eigenvalue weighted by atomic mass is 35.5. The monoisotopic (exact) mass is 722 g/mol. The molecule has 2 heterocycles. The molecule has 48 heavy (non-hydrogen) atoms. The van der Waals surface area contributed by atoms with Crippen molar-refractivity contribution in [1.29, 1.82) is 0 Å². The van der Waals surface area contributed by atoms with Crippen LogP contribution in [-0.2, 0) is 34.6 Å². The van der Waals surface area contributed by atoms with Crippen molar-refractivity contribution in [2.24, 2.45) is 0 Å². The number of alkyl halides is 3. The number of carbonyl (C=O) groups excluding carboxylic acids is 1. The number of methoxy groups -OCH3 is 1. The Morgan fingerprint density at radius 2 is 1.79 bits per heavy atom. The van der Waals surface area contributed by atoms with Crippen molar-refractivity contribution >= 4 is 37.1 Å². The van der Waals surface area contributed by atoms with Crippen LogP contribution in [0.5, 0.6) is 5.75 Å². The minimum absolute atomic E-state index is 0.0358. The third-order valence-corrected chi connectivity index (χ3v) is 8.45. The molecule has 262 valence electrons. The summed E-state index contributed by atoms with van der Waals surface area (Å²) in [5, 5.41) is 32.0. The predicted molar refractivity (Wildman–Crippen MR) is 162 cm³/mol. The second-order valence-electron chi connectivity index (χ2n) is 10.3. The van der Waals surface area contributed by atoms with Gasteiger partial charge in [0.05, 0.1) is 13.7 Å². The number of nitrogens with zero attached hydrogens (tertiary/aromatic N) is 2. The van der Waals surface area contributed by atoms with Gasteiger partial charge >= 0.3 is 31.6 Å². The first kappa shape index (κ1) is 38.4. The zero-order chi connectivity index (χ0) is 35.9. The maximum atomic E-state index is 14.1. The second-order valence-corrected chi connectivity index (χ2v) is 12.4. The number of hydrogen-bond acceptors (Lipinski definition) is 12. The Balaban J connectivity index is 0.000000804. The van der Waals surface area contributed by atoms with Gasteiger partial charge in [-0.25, -0.2) is 14.2 Å². The third-order valence-electron chi connectivity index (χ3n) is 6.63. The molecule has 0 radical (unpaired) electrons. The number of aromatic nitrogens is 2. The van der Waals surface area contributed by atoms with Gasteiger partial charge in [-0.1, -0.05) is 41.9 Å². The molecule has 0 saturated carbocycles. The van der Waals surface area contributed by atoms with Crippen molar-refractivity contribution in [2.75, 3.05) is 19.5 Å². The summed E-state index contributed by atoms with van der Waals surface area (Å²) in [6.45, 7) is 0.683. The quantitative estimate of drug-likeness (QED) is 0.142. The van der Waals surface area contributed by atoms with Crippen LogP contribution in [0.2, 0.25) is 5.02 Å². The Labute approximate surface area is 275 Å². The van der Waals surface area contributed by atoms with E-state index in [2.05, 4.69) is 10.1 Å². The molecule has 1 fully saturated rings. The average molecular weight is 723 g/mol. The first-order valence-electron chi connectivity index (χ1n) is 13.7. The van der Waals surface area contributed by atoms with Gasteiger partial charge in [0.1, 0.15) is 35.4 Å². The van der Waals surface area contributed by atoms with Crippen molar-refractivity contribution in [1.82, 2.24) is 14.6 Å². The SMILES string of the molecule is COC(=O)[C@H](Cc1ccccc1)NP(=O)(OC[C@H]1O[C@@H](n2ccc(N)nc2=O)[C@](C)(O)[C@@H]1O)Oc1ccc(Cl)cc1.O=C(O)C(F)(F)F. The minimum Gasteiger partial charge on any atom is -0.475 e. The number of nitrogen functional groups attached to an aromatic ring is 1. The van der Waals surface area contributed by atoms with Gasteiger partial charge in [0.25, 0.3) is 0 Å². The molecule has 0 amide bonds. The Hall–Kier alpha value is -4.03. The Morgan fingerprint density at radius 1 is 1.19 bits per heavy atom. The van der Waals surface area contributed by atoms with E-state index in [4.69, 9.17) is 45.8 Å². The normalized spacial score (nSPS) is 22.5. The van der Waals surface area contributed by atoms with Crippen LogP contribution in [0.1, 0.15) is 18.7 Å². The fraction of sp³-hybridized carbons (Fsp3) is 0.357. The fourth-order valence-corrected chi connectivity index (χ4v) is 5.87. The maximum Gasteiger partial charge on any atom is 0.490 e. The van der Waals surface area contributed by atoms with Crippen LogP contribution in [0.15, 0.2) is 71.7 Å². The molecule has 1 unspecified atom stereocenters. The number of ether oxygens (including phenoxy) is 2. The van der Waals surface area contributed by atoms with Crippen molar-refractivity contribution in [3.63, 3.8) is 0 Å². The lowest BCUT2D eigenvalue weighted by atomic mass is 9.96. The molecular weight excluding hydrogens is 692 g/mol. The molecule has 3 aromatic rings. The number of hydrogen-bond donors (Lipinski definition) is 5. The molecule has 1 saturated heterocycles. The summed E-state index contributed by atoms with van der Waals surface area (Å²) >= 11 is 5.96. The first-order valence-corrected chi connectivity index (χ1v) is 15.6. The van der Waals surface area contributed by atoms with E-state index in [1.165, 1.54) is 50.6 Å². The highest BCUT2D eigenvalue weighted by Crippen LogP contribution is 2.47. The third kappa shape index (κ3) is 10.2. The molecular formula is C28H31ClF3N4O11P. The fourth-order valence-electron chi connectivity index (χ4n) is 4.24. The highest BCUT2D eigenvalue weighted by molar-refractivity contribution is 7.52. The van der Waals surface area contributed by atoms with E-state index in [1.54, 1.807) is 24.3 Å². The molecule has 4 rings (SSSR count). The van der Waals surface area contributed by atoms with E-state index in [9.17, 15) is 37.5 Å². The smallest absolute Gasteiger partial charge is 0.475 e. The van der Waals surface area contributed by atoms with E-state index in [1.807, 2.05) is 6.07 Å². The van der Waals surface area contributed by atoms with E-state index in [0.29, 0.717) is 5.02 Å². The molecule has 0 spiro atoms. The summed E-state index contributed by atoms with van der Waals surface area (Å²) < 4.78 is 68.8. The highest BCUT2D eigenvalue weighted by Gasteiger charge is 2.54. The molecule has 6 N–H and O–H groups in total. The van der Waals surface area contributed by atoms with Crippen molar-refractivity contribution in [3.05, 3.63) is 87.9 Å². The molecule has 15 nitrogen and oxygen atoms in total. The number of esters is 1. The topological polar surface area (TPSA) is 222 Å². The average Bonchev–Trinajstić information content (AvgIpc) is 3.24. The lowest BCUT2D eigenvalue weighted by molar-refractivity contribution is -0.192. The summed E-state index contributed by atoms with van der Waals surface area (Å²) in [5.41, 5.74) is 3.49. The van der Waals surface area contributed by atoms with Gasteiger partial charge in [0, 0.05) is 11.2 Å². The van der Waals surface area contributed by atoms with Crippen LogP contribution in [0.3, 0.4) is 0 Å². The Bertz CT molecular complexity index is 1660. The Morgan fingerprint density at radius 3 is 2.33 bits per heavy atom.